The van der Waals surface area contributed by atoms with E-state index in [4.69, 9.17) is 55.1 Å². The molecule has 0 amide bonds. The van der Waals surface area contributed by atoms with Crippen LogP contribution in [-0.4, -0.2) is 43.1 Å². The second-order valence-electron chi connectivity index (χ2n) is 6.33. The van der Waals surface area contributed by atoms with Crippen LogP contribution in [0.2, 0.25) is 15.1 Å². The zero-order valence-corrected chi connectivity index (χ0v) is 21.9. The van der Waals surface area contributed by atoms with Crippen LogP contribution in [0, 0.1) is 0 Å². The van der Waals surface area contributed by atoms with Crippen LogP contribution < -0.4 is 15.2 Å². The fourth-order valence-corrected chi connectivity index (χ4v) is 3.19. The zero-order valence-electron chi connectivity index (χ0n) is 17.9. The van der Waals surface area contributed by atoms with E-state index < -0.39 is 0 Å². The molecule has 0 saturated carbocycles. The van der Waals surface area contributed by atoms with E-state index in [1.54, 1.807) is 54.5 Å². The monoisotopic (exact) mass is 588 g/mol. The Morgan fingerprint density at radius 3 is 1.88 bits per heavy atom. The lowest BCUT2D eigenvalue weighted by Gasteiger charge is -2.02. The number of nitrogens with zero attached hydrogens (tertiary/aromatic N) is 5. The first kappa shape index (κ1) is 27.3. The summed E-state index contributed by atoms with van der Waals surface area (Å²) in [4.78, 5) is 11.8. The fraction of sp³-hybridized carbons (Fsp3) is 0.0952. The van der Waals surface area contributed by atoms with Crippen LogP contribution in [-0.2, 0) is 0 Å². The Morgan fingerprint density at radius 1 is 0.794 bits per heavy atom. The number of nitrogens with two attached hydrogens (primary N) is 1. The number of hydrogen-bond acceptors (Lipinski definition) is 7. The van der Waals surface area contributed by atoms with Crippen molar-refractivity contribution in [3.8, 4) is 17.2 Å². The molecule has 0 aliphatic carbocycles. The van der Waals surface area contributed by atoms with Gasteiger partial charge in [-0.1, -0.05) is 34.8 Å². The molecule has 180 valence electrons. The van der Waals surface area contributed by atoms with Gasteiger partial charge in [0, 0.05) is 43.0 Å². The van der Waals surface area contributed by atoms with Crippen LogP contribution >= 0.6 is 51.8 Å². The normalized spacial score (nSPS) is 9.91. The molecule has 0 fully saturated rings. The molecule has 0 aromatic carbocycles. The number of hydrogen-bond donors (Lipinski definition) is 2. The molecule has 0 atom stereocenters. The van der Waals surface area contributed by atoms with Gasteiger partial charge in [0.15, 0.2) is 17.2 Å². The summed E-state index contributed by atoms with van der Waals surface area (Å²) in [6.07, 6.45) is 11.7. The summed E-state index contributed by atoms with van der Waals surface area (Å²) in [5.41, 5.74) is 6.88. The lowest BCUT2D eigenvalue weighted by molar-refractivity contribution is 0.412. The molecule has 5 aromatic heterocycles. The van der Waals surface area contributed by atoms with Gasteiger partial charge in [-0.15, -0.1) is 17.0 Å². The Bertz CT molecular complexity index is 1340. The van der Waals surface area contributed by atoms with Crippen LogP contribution in [0.3, 0.4) is 0 Å². The van der Waals surface area contributed by atoms with E-state index in [2.05, 4.69) is 15.0 Å². The Balaban J connectivity index is 0.000000178. The summed E-state index contributed by atoms with van der Waals surface area (Å²) in [5, 5.41) is 10.5. The highest BCUT2D eigenvalue weighted by Crippen LogP contribution is 2.25. The van der Waals surface area contributed by atoms with Gasteiger partial charge in [0.05, 0.1) is 47.9 Å². The van der Waals surface area contributed by atoms with Gasteiger partial charge in [-0.25, -0.2) is 15.0 Å². The van der Waals surface area contributed by atoms with Gasteiger partial charge >= 0.3 is 0 Å². The first-order valence-corrected chi connectivity index (χ1v) is 10.4. The number of aromatic nitrogens is 5. The highest BCUT2D eigenvalue weighted by atomic mass is 79.9. The van der Waals surface area contributed by atoms with Gasteiger partial charge in [-0.3, -0.25) is 0 Å². The summed E-state index contributed by atoms with van der Waals surface area (Å²) in [5.74, 6) is 1.65. The average Bonchev–Trinajstić information content (AvgIpc) is 3.43. The molecule has 0 aliphatic heterocycles. The number of imidazole rings is 2. The van der Waals surface area contributed by atoms with E-state index in [9.17, 15) is 0 Å². The first-order valence-electron chi connectivity index (χ1n) is 9.24. The molecular formula is C21H20BrCl3N6O3. The number of fused-ring (bicyclic) bond motifs is 2. The molecule has 5 aromatic rings. The molecule has 0 aliphatic rings. The smallest absolute Gasteiger partial charge is 0.155 e. The van der Waals surface area contributed by atoms with Crippen LogP contribution in [0.1, 0.15) is 0 Å². The highest BCUT2D eigenvalue weighted by molar-refractivity contribution is 8.93. The first-order chi connectivity index (χ1) is 15.8. The number of halogens is 4. The number of methoxy groups -OCH3 is 2. The maximum Gasteiger partial charge on any atom is 0.155 e. The van der Waals surface area contributed by atoms with E-state index >= 15 is 0 Å². The van der Waals surface area contributed by atoms with Crippen molar-refractivity contribution in [3.63, 3.8) is 0 Å². The second kappa shape index (κ2) is 12.5. The van der Waals surface area contributed by atoms with Gasteiger partial charge < -0.3 is 29.1 Å². The number of rotatable bonds is 2. The fourth-order valence-electron chi connectivity index (χ4n) is 2.58. The lowest BCUT2D eigenvalue weighted by atomic mass is 10.4. The predicted octanol–water partition coefficient (Wildman–Crippen LogP) is 5.59. The third-order valence-electron chi connectivity index (χ3n) is 4.19. The molecule has 0 bridgehead atoms. The number of nitrogen functional groups attached to an aromatic ring is 1. The number of ether oxygens (including phenoxy) is 2. The number of aromatic hydroxyl groups is 1. The Morgan fingerprint density at radius 2 is 1.32 bits per heavy atom. The van der Waals surface area contributed by atoms with Crippen molar-refractivity contribution in [2.24, 2.45) is 0 Å². The maximum absolute atomic E-state index is 9.16. The molecule has 34 heavy (non-hydrogen) atoms. The Labute approximate surface area is 220 Å². The highest BCUT2D eigenvalue weighted by Gasteiger charge is 2.03. The summed E-state index contributed by atoms with van der Waals surface area (Å²) in [6, 6.07) is 4.91. The third kappa shape index (κ3) is 6.80. The molecule has 13 heteroatoms. The zero-order chi connectivity index (χ0) is 24.0. The van der Waals surface area contributed by atoms with Crippen LogP contribution in [0.4, 0.5) is 5.82 Å². The van der Waals surface area contributed by atoms with E-state index in [1.165, 1.54) is 19.5 Å². The van der Waals surface area contributed by atoms with Crippen molar-refractivity contribution in [2.75, 3.05) is 20.0 Å². The third-order valence-corrected chi connectivity index (χ3v) is 5.08. The van der Waals surface area contributed by atoms with E-state index in [0.717, 1.165) is 11.3 Å². The minimum absolute atomic E-state index is 0. The predicted molar refractivity (Wildman–Crippen MR) is 139 cm³/mol. The molecule has 9 nitrogen and oxygen atoms in total. The van der Waals surface area contributed by atoms with Gasteiger partial charge in [-0.05, 0) is 0 Å². The maximum atomic E-state index is 9.16. The summed E-state index contributed by atoms with van der Waals surface area (Å²) in [6.45, 7) is 0. The SMILES string of the molecule is Br.COc1cn2ccnc2cc1Cl.COc1cnc(N)cc1Cl.Oc1cn2ccnc2cc1Cl. The second-order valence-corrected chi connectivity index (χ2v) is 7.55. The van der Waals surface area contributed by atoms with Crippen LogP contribution in [0.5, 0.6) is 17.2 Å². The van der Waals surface area contributed by atoms with Crippen molar-refractivity contribution >= 4 is 68.9 Å². The summed E-state index contributed by atoms with van der Waals surface area (Å²) < 4.78 is 13.4. The molecule has 0 radical (unpaired) electrons. The van der Waals surface area contributed by atoms with Crippen molar-refractivity contribution in [1.82, 2.24) is 23.8 Å². The number of pyridine rings is 3. The van der Waals surface area contributed by atoms with Gasteiger partial charge in [0.2, 0.25) is 0 Å². The van der Waals surface area contributed by atoms with E-state index in [0.29, 0.717) is 32.4 Å². The lowest BCUT2D eigenvalue weighted by Crippen LogP contribution is -1.91. The summed E-state index contributed by atoms with van der Waals surface area (Å²) in [7, 11) is 3.11. The van der Waals surface area contributed by atoms with Crippen molar-refractivity contribution in [2.45, 2.75) is 0 Å². The van der Waals surface area contributed by atoms with Crippen molar-refractivity contribution in [3.05, 3.63) is 76.6 Å². The average molecular weight is 591 g/mol. The molecule has 5 rings (SSSR count). The molecular weight excluding hydrogens is 571 g/mol. The Hall–Kier alpha value is -2.92. The minimum Gasteiger partial charge on any atom is -0.505 e. The standard InChI is InChI=1S/C8H7ClN2O.C7H5ClN2O.C6H7ClN2O.BrH/c1-12-7-5-11-3-2-10-8(11)4-6(7)9;8-5-3-7-9-1-2-10(7)4-6(5)11;1-10-5-3-9-6(8)2-4(5)7;/h2-5H,1H3;1-4,11H;2-3H,1H3,(H2,8,9);1H. The molecule has 5 heterocycles. The molecule has 0 spiro atoms. The number of anilines is 1. The van der Waals surface area contributed by atoms with Gasteiger partial charge in [0.1, 0.15) is 17.1 Å². The van der Waals surface area contributed by atoms with Crippen LogP contribution in [0.15, 0.2) is 61.6 Å². The largest absolute Gasteiger partial charge is 0.505 e. The molecule has 0 unspecified atom stereocenters. The topological polar surface area (TPSA) is 112 Å². The minimum atomic E-state index is 0. The summed E-state index contributed by atoms with van der Waals surface area (Å²) >= 11 is 17.2. The quantitative estimate of drug-likeness (QED) is 0.276. The molecule has 0 saturated heterocycles. The van der Waals surface area contributed by atoms with Gasteiger partial charge in [-0.2, -0.15) is 0 Å². The van der Waals surface area contributed by atoms with Crippen molar-refractivity contribution < 1.29 is 14.6 Å². The Kier molecular flexibility index (Phi) is 10.1. The van der Waals surface area contributed by atoms with Crippen molar-refractivity contribution in [1.29, 1.82) is 0 Å². The van der Waals surface area contributed by atoms with E-state index in [1.807, 2.05) is 10.6 Å². The molecule has 3 N–H and O–H groups in total. The van der Waals surface area contributed by atoms with Gasteiger partial charge in [0.25, 0.3) is 0 Å². The van der Waals surface area contributed by atoms with Crippen LogP contribution in [0.25, 0.3) is 11.3 Å². The van der Waals surface area contributed by atoms with E-state index in [-0.39, 0.29) is 22.7 Å².